The van der Waals surface area contributed by atoms with Gasteiger partial charge in [0, 0.05) is 26.4 Å². The zero-order valence-corrected chi connectivity index (χ0v) is 12.4. The SMILES string of the molecule is Cc1nc(C[C@H]2CCCN(c3ccc(C(N)=O)nn3)C2)no1. The lowest BCUT2D eigenvalue weighted by Crippen LogP contribution is -2.37. The molecule has 0 aromatic carbocycles. The van der Waals surface area contributed by atoms with Crippen molar-refractivity contribution in [1.82, 2.24) is 20.3 Å². The van der Waals surface area contributed by atoms with Gasteiger partial charge >= 0.3 is 0 Å². The molecule has 0 radical (unpaired) electrons. The first-order valence-corrected chi connectivity index (χ1v) is 7.29. The average Bonchev–Trinajstić information content (AvgIpc) is 2.93. The van der Waals surface area contributed by atoms with Crippen molar-refractivity contribution < 1.29 is 9.32 Å². The fraction of sp³-hybridized carbons (Fsp3) is 0.500. The number of carbonyl (C=O) groups is 1. The molecule has 2 N–H and O–H groups in total. The van der Waals surface area contributed by atoms with E-state index >= 15 is 0 Å². The third kappa shape index (κ3) is 3.21. The lowest BCUT2D eigenvalue weighted by atomic mass is 9.94. The van der Waals surface area contributed by atoms with Crippen LogP contribution in [0.25, 0.3) is 0 Å². The fourth-order valence-electron chi connectivity index (χ4n) is 2.75. The molecule has 8 nitrogen and oxygen atoms in total. The number of primary amides is 1. The first kappa shape index (κ1) is 14.4. The number of amides is 1. The highest BCUT2D eigenvalue weighted by molar-refractivity contribution is 5.90. The number of carbonyl (C=O) groups excluding carboxylic acids is 1. The second kappa shape index (κ2) is 6.08. The monoisotopic (exact) mass is 302 g/mol. The van der Waals surface area contributed by atoms with E-state index in [1.807, 2.05) is 0 Å². The highest BCUT2D eigenvalue weighted by Crippen LogP contribution is 2.23. The second-order valence-electron chi connectivity index (χ2n) is 5.53. The van der Waals surface area contributed by atoms with Gasteiger partial charge < -0.3 is 15.2 Å². The van der Waals surface area contributed by atoms with Gasteiger partial charge in [0.1, 0.15) is 0 Å². The van der Waals surface area contributed by atoms with E-state index in [9.17, 15) is 4.79 Å². The van der Waals surface area contributed by atoms with Crippen LogP contribution in [-0.4, -0.2) is 39.3 Å². The number of nitrogens with zero attached hydrogens (tertiary/aromatic N) is 5. The first-order valence-electron chi connectivity index (χ1n) is 7.29. The quantitative estimate of drug-likeness (QED) is 0.886. The second-order valence-corrected chi connectivity index (χ2v) is 5.53. The molecule has 1 amide bonds. The fourth-order valence-corrected chi connectivity index (χ4v) is 2.75. The summed E-state index contributed by atoms with van der Waals surface area (Å²) < 4.78 is 5.01. The van der Waals surface area contributed by atoms with Crippen molar-refractivity contribution in [2.45, 2.75) is 26.2 Å². The van der Waals surface area contributed by atoms with Crippen LogP contribution in [0.4, 0.5) is 5.82 Å². The van der Waals surface area contributed by atoms with Crippen molar-refractivity contribution in [2.24, 2.45) is 11.7 Å². The van der Waals surface area contributed by atoms with Gasteiger partial charge in [0.2, 0.25) is 5.89 Å². The zero-order valence-electron chi connectivity index (χ0n) is 12.4. The number of rotatable bonds is 4. The van der Waals surface area contributed by atoms with Gasteiger partial charge in [-0.05, 0) is 30.9 Å². The summed E-state index contributed by atoms with van der Waals surface area (Å²) in [6.07, 6.45) is 2.98. The lowest BCUT2D eigenvalue weighted by Gasteiger charge is -2.32. The summed E-state index contributed by atoms with van der Waals surface area (Å²) in [5.74, 6) is 1.99. The number of aromatic nitrogens is 4. The van der Waals surface area contributed by atoms with Crippen LogP contribution in [0.1, 0.15) is 35.0 Å². The zero-order chi connectivity index (χ0) is 15.5. The van der Waals surface area contributed by atoms with E-state index in [-0.39, 0.29) is 5.69 Å². The molecule has 8 heteroatoms. The molecule has 0 spiro atoms. The predicted octanol–water partition coefficient (Wildman–Crippen LogP) is 0.726. The van der Waals surface area contributed by atoms with Gasteiger partial charge in [0.05, 0.1) is 0 Å². The molecule has 1 aliphatic heterocycles. The summed E-state index contributed by atoms with van der Waals surface area (Å²) in [5.41, 5.74) is 5.35. The summed E-state index contributed by atoms with van der Waals surface area (Å²) in [6.45, 7) is 3.57. The van der Waals surface area contributed by atoms with Crippen molar-refractivity contribution in [1.29, 1.82) is 0 Å². The van der Waals surface area contributed by atoms with Crippen molar-refractivity contribution in [3.63, 3.8) is 0 Å². The smallest absolute Gasteiger partial charge is 0.269 e. The Morgan fingerprint density at radius 2 is 2.32 bits per heavy atom. The molecular formula is C14H18N6O2. The van der Waals surface area contributed by atoms with Gasteiger partial charge in [0.25, 0.3) is 5.91 Å². The highest BCUT2D eigenvalue weighted by atomic mass is 16.5. The van der Waals surface area contributed by atoms with Gasteiger partial charge in [-0.1, -0.05) is 5.16 Å². The molecule has 1 fully saturated rings. The van der Waals surface area contributed by atoms with Crippen LogP contribution < -0.4 is 10.6 Å². The molecule has 3 heterocycles. The van der Waals surface area contributed by atoms with Crippen LogP contribution in [0.2, 0.25) is 0 Å². The Labute approximate surface area is 127 Å². The minimum atomic E-state index is -0.567. The van der Waals surface area contributed by atoms with Crippen molar-refractivity contribution in [2.75, 3.05) is 18.0 Å². The minimum Gasteiger partial charge on any atom is -0.364 e. The molecule has 3 rings (SSSR count). The predicted molar refractivity (Wildman–Crippen MR) is 78.2 cm³/mol. The summed E-state index contributed by atoms with van der Waals surface area (Å²) in [6, 6.07) is 3.39. The molecule has 1 saturated heterocycles. The summed E-state index contributed by atoms with van der Waals surface area (Å²) >= 11 is 0. The molecule has 0 bridgehead atoms. The van der Waals surface area contributed by atoms with Crippen LogP contribution in [-0.2, 0) is 6.42 Å². The normalized spacial score (nSPS) is 18.4. The van der Waals surface area contributed by atoms with E-state index < -0.39 is 5.91 Å². The van der Waals surface area contributed by atoms with Gasteiger partial charge in [-0.3, -0.25) is 4.79 Å². The Kier molecular flexibility index (Phi) is 3.99. The van der Waals surface area contributed by atoms with Crippen LogP contribution in [0, 0.1) is 12.8 Å². The van der Waals surface area contributed by atoms with E-state index in [0.717, 1.165) is 44.0 Å². The molecule has 116 valence electrons. The number of piperidine rings is 1. The lowest BCUT2D eigenvalue weighted by molar-refractivity contribution is 0.0994. The number of anilines is 1. The van der Waals surface area contributed by atoms with E-state index in [4.69, 9.17) is 10.3 Å². The number of nitrogens with two attached hydrogens (primary N) is 1. The van der Waals surface area contributed by atoms with E-state index in [1.165, 1.54) is 0 Å². The molecule has 0 unspecified atom stereocenters. The van der Waals surface area contributed by atoms with Gasteiger partial charge in [-0.15, -0.1) is 10.2 Å². The summed E-state index contributed by atoms with van der Waals surface area (Å²) in [7, 11) is 0. The average molecular weight is 302 g/mol. The van der Waals surface area contributed by atoms with Crippen molar-refractivity contribution in [3.05, 3.63) is 29.5 Å². The molecule has 2 aromatic heterocycles. The van der Waals surface area contributed by atoms with Crippen molar-refractivity contribution >= 4 is 11.7 Å². The van der Waals surface area contributed by atoms with Crippen LogP contribution in [0.5, 0.6) is 0 Å². The Morgan fingerprint density at radius 1 is 1.45 bits per heavy atom. The topological polar surface area (TPSA) is 111 Å². The molecule has 2 aromatic rings. The molecular weight excluding hydrogens is 284 g/mol. The van der Waals surface area contributed by atoms with Gasteiger partial charge in [-0.2, -0.15) is 4.98 Å². The van der Waals surface area contributed by atoms with Crippen LogP contribution in [0.15, 0.2) is 16.7 Å². The Morgan fingerprint density at radius 3 is 2.95 bits per heavy atom. The Bertz CT molecular complexity index is 654. The molecule has 1 aliphatic rings. The van der Waals surface area contributed by atoms with Crippen LogP contribution in [0.3, 0.4) is 0 Å². The largest absolute Gasteiger partial charge is 0.364 e. The third-order valence-electron chi connectivity index (χ3n) is 3.79. The molecule has 22 heavy (non-hydrogen) atoms. The maximum Gasteiger partial charge on any atom is 0.269 e. The van der Waals surface area contributed by atoms with E-state index in [2.05, 4.69) is 25.2 Å². The molecule has 0 saturated carbocycles. The number of aryl methyl sites for hydroxylation is 1. The Hall–Kier alpha value is -2.51. The summed E-state index contributed by atoms with van der Waals surface area (Å²) in [5, 5.41) is 11.9. The van der Waals surface area contributed by atoms with E-state index in [0.29, 0.717) is 11.8 Å². The number of hydrogen-bond donors (Lipinski definition) is 1. The van der Waals surface area contributed by atoms with Gasteiger partial charge in [0.15, 0.2) is 17.3 Å². The van der Waals surface area contributed by atoms with Gasteiger partial charge in [-0.25, -0.2) is 0 Å². The Balaban J connectivity index is 1.66. The molecule has 0 aliphatic carbocycles. The first-order chi connectivity index (χ1) is 10.6. The maximum absolute atomic E-state index is 11.0. The number of hydrogen-bond acceptors (Lipinski definition) is 7. The standard InChI is InChI=1S/C14H18N6O2/c1-9-16-12(19-22-9)7-10-3-2-6-20(8-10)13-5-4-11(14(15)21)17-18-13/h4-5,10H,2-3,6-8H2,1H3,(H2,15,21)/t10-/m1/s1. The highest BCUT2D eigenvalue weighted by Gasteiger charge is 2.23. The van der Waals surface area contributed by atoms with Crippen molar-refractivity contribution in [3.8, 4) is 0 Å². The van der Waals surface area contributed by atoms with E-state index in [1.54, 1.807) is 19.1 Å². The molecule has 1 atom stereocenters. The maximum atomic E-state index is 11.0. The minimum absolute atomic E-state index is 0.180. The van der Waals surface area contributed by atoms with Crippen LogP contribution >= 0.6 is 0 Å². The summed E-state index contributed by atoms with van der Waals surface area (Å²) in [4.78, 5) is 17.5. The third-order valence-corrected chi connectivity index (χ3v) is 3.79.